The number of carbonyl (C=O) groups excluding carboxylic acids is 1. The van der Waals surface area contributed by atoms with Crippen LogP contribution in [0, 0.1) is 0 Å². The highest BCUT2D eigenvalue weighted by Crippen LogP contribution is 2.29. The van der Waals surface area contributed by atoms with Crippen LogP contribution in [0.5, 0.6) is 0 Å². The molecule has 2 aromatic heterocycles. The van der Waals surface area contributed by atoms with E-state index >= 15 is 0 Å². The van der Waals surface area contributed by atoms with Gasteiger partial charge < -0.3 is 9.40 Å². The molecule has 18 heavy (non-hydrogen) atoms. The summed E-state index contributed by atoms with van der Waals surface area (Å²) in [7, 11) is 0. The predicted octanol–water partition coefficient (Wildman–Crippen LogP) is 2.00. The topological polar surface area (TPSA) is 76.0 Å². The lowest BCUT2D eigenvalue weighted by Gasteiger charge is -1.95. The molecule has 0 aliphatic carbocycles. The number of furan rings is 1. The van der Waals surface area contributed by atoms with E-state index in [1.165, 1.54) is 6.33 Å². The Morgan fingerprint density at radius 2 is 2.00 bits per heavy atom. The van der Waals surface area contributed by atoms with Crippen LogP contribution in [0.15, 0.2) is 45.9 Å². The molecule has 88 valence electrons. The zero-order chi connectivity index (χ0) is 12.5. The summed E-state index contributed by atoms with van der Waals surface area (Å²) in [5.41, 5.74) is 0.746. The first-order valence-corrected chi connectivity index (χ1v) is 5.32. The Labute approximate surface area is 101 Å². The van der Waals surface area contributed by atoms with Crippen molar-refractivity contribution in [2.45, 2.75) is 0 Å². The molecule has 0 amide bonds. The van der Waals surface area contributed by atoms with Crippen LogP contribution >= 0.6 is 0 Å². The van der Waals surface area contributed by atoms with E-state index in [1.54, 1.807) is 12.1 Å². The van der Waals surface area contributed by atoms with Crippen LogP contribution in [0.3, 0.4) is 0 Å². The maximum atomic E-state index is 11.7. The summed E-state index contributed by atoms with van der Waals surface area (Å²) in [5.74, 6) is 0.366. The van der Waals surface area contributed by atoms with Crippen molar-refractivity contribution in [3.8, 4) is 11.3 Å². The van der Waals surface area contributed by atoms with Crippen molar-refractivity contribution in [1.29, 1.82) is 0 Å². The van der Waals surface area contributed by atoms with Gasteiger partial charge in [0.05, 0.1) is 11.9 Å². The molecule has 2 heterocycles. The van der Waals surface area contributed by atoms with Crippen molar-refractivity contribution in [2.24, 2.45) is 0 Å². The molecule has 0 aliphatic rings. The lowest BCUT2D eigenvalue weighted by Crippen LogP contribution is -2.06. The van der Waals surface area contributed by atoms with Gasteiger partial charge in [-0.1, -0.05) is 30.3 Å². The molecular weight excluding hydrogens is 232 g/mol. The number of aromatic nitrogens is 2. The minimum absolute atomic E-state index is 0.166. The minimum Gasteiger partial charge on any atom is -0.437 e. The van der Waals surface area contributed by atoms with Crippen LogP contribution in [0.1, 0.15) is 10.4 Å². The SMILES string of the molecule is O=Cc1c(-c2ccccc2)oc2nc[nH]c(=O)c12. The number of rotatable bonds is 2. The number of carbonyl (C=O) groups is 1. The van der Waals surface area contributed by atoms with Gasteiger partial charge in [-0.15, -0.1) is 0 Å². The molecule has 1 aromatic carbocycles. The largest absolute Gasteiger partial charge is 0.437 e. The Bertz CT molecular complexity index is 772. The molecule has 5 heteroatoms. The number of benzene rings is 1. The first kappa shape index (κ1) is 10.5. The number of fused-ring (bicyclic) bond motifs is 1. The van der Waals surface area contributed by atoms with Crippen LogP contribution in [0.25, 0.3) is 22.4 Å². The van der Waals surface area contributed by atoms with Crippen molar-refractivity contribution in [3.05, 3.63) is 52.6 Å². The molecule has 0 bridgehead atoms. The molecule has 3 rings (SSSR count). The molecule has 0 saturated heterocycles. The smallest absolute Gasteiger partial charge is 0.262 e. The fourth-order valence-corrected chi connectivity index (χ4v) is 1.88. The van der Waals surface area contributed by atoms with Gasteiger partial charge >= 0.3 is 0 Å². The average molecular weight is 240 g/mol. The number of H-pyrrole nitrogens is 1. The molecule has 0 unspecified atom stereocenters. The normalized spacial score (nSPS) is 10.7. The van der Waals surface area contributed by atoms with Gasteiger partial charge in [0.2, 0.25) is 5.71 Å². The lowest BCUT2D eigenvalue weighted by molar-refractivity contribution is 0.112. The molecule has 0 saturated carbocycles. The number of aromatic amines is 1. The van der Waals surface area contributed by atoms with Crippen molar-refractivity contribution < 1.29 is 9.21 Å². The molecule has 1 N–H and O–H groups in total. The van der Waals surface area contributed by atoms with Crippen LogP contribution in [-0.4, -0.2) is 16.3 Å². The third kappa shape index (κ3) is 1.45. The van der Waals surface area contributed by atoms with Crippen LogP contribution in [0.2, 0.25) is 0 Å². The van der Waals surface area contributed by atoms with E-state index in [9.17, 15) is 9.59 Å². The van der Waals surface area contributed by atoms with Crippen molar-refractivity contribution in [1.82, 2.24) is 9.97 Å². The highest BCUT2D eigenvalue weighted by molar-refractivity contribution is 6.00. The first-order chi connectivity index (χ1) is 8.81. The second-order valence-corrected chi connectivity index (χ2v) is 3.74. The Morgan fingerprint density at radius 3 is 2.72 bits per heavy atom. The number of hydrogen-bond donors (Lipinski definition) is 1. The molecular formula is C13H8N2O3. The number of aldehydes is 1. The fraction of sp³-hybridized carbons (Fsp3) is 0. The second kappa shape index (κ2) is 3.96. The maximum Gasteiger partial charge on any atom is 0.262 e. The zero-order valence-electron chi connectivity index (χ0n) is 9.21. The molecule has 0 radical (unpaired) electrons. The summed E-state index contributed by atoms with van der Waals surface area (Å²) >= 11 is 0. The van der Waals surface area contributed by atoms with Crippen LogP contribution in [-0.2, 0) is 0 Å². The van der Waals surface area contributed by atoms with Gasteiger partial charge in [0.25, 0.3) is 5.56 Å². The van der Waals surface area contributed by atoms with Crippen LogP contribution < -0.4 is 5.56 Å². The maximum absolute atomic E-state index is 11.7. The van der Waals surface area contributed by atoms with Gasteiger partial charge in [-0.25, -0.2) is 4.98 Å². The molecule has 5 nitrogen and oxygen atoms in total. The van der Waals surface area contributed by atoms with E-state index in [-0.39, 0.29) is 22.2 Å². The summed E-state index contributed by atoms with van der Waals surface area (Å²) in [6.07, 6.45) is 1.86. The number of hydrogen-bond acceptors (Lipinski definition) is 4. The fourth-order valence-electron chi connectivity index (χ4n) is 1.88. The predicted molar refractivity (Wildman–Crippen MR) is 65.5 cm³/mol. The number of nitrogens with zero attached hydrogens (tertiary/aromatic N) is 1. The monoisotopic (exact) mass is 240 g/mol. The minimum atomic E-state index is -0.381. The second-order valence-electron chi connectivity index (χ2n) is 3.74. The lowest BCUT2D eigenvalue weighted by atomic mass is 10.1. The Balaban J connectivity index is 2.41. The average Bonchev–Trinajstić information content (AvgIpc) is 2.79. The van der Waals surface area contributed by atoms with Crippen molar-refractivity contribution >= 4 is 17.4 Å². The van der Waals surface area contributed by atoms with Crippen molar-refractivity contribution in [2.75, 3.05) is 0 Å². The molecule has 0 atom stereocenters. The standard InChI is InChI=1S/C13H8N2O3/c16-6-9-10-12(17)14-7-15-13(10)18-11(9)8-4-2-1-3-5-8/h1-7H,(H,14,15,17). The highest BCUT2D eigenvalue weighted by atomic mass is 16.3. The molecule has 0 aliphatic heterocycles. The van der Waals surface area contributed by atoms with E-state index < -0.39 is 0 Å². The van der Waals surface area contributed by atoms with E-state index in [4.69, 9.17) is 4.42 Å². The van der Waals surface area contributed by atoms with E-state index in [0.29, 0.717) is 12.0 Å². The Kier molecular flexibility index (Phi) is 2.30. The summed E-state index contributed by atoms with van der Waals surface area (Å²) < 4.78 is 5.49. The van der Waals surface area contributed by atoms with Gasteiger partial charge in [-0.2, -0.15) is 0 Å². The third-order valence-electron chi connectivity index (χ3n) is 2.68. The molecule has 3 aromatic rings. The van der Waals surface area contributed by atoms with E-state index in [1.807, 2.05) is 18.2 Å². The summed E-state index contributed by atoms with van der Waals surface area (Å²) in [4.78, 5) is 29.2. The molecule has 0 spiro atoms. The van der Waals surface area contributed by atoms with Gasteiger partial charge in [-0.05, 0) is 0 Å². The number of nitrogens with one attached hydrogen (secondary N) is 1. The highest BCUT2D eigenvalue weighted by Gasteiger charge is 2.18. The van der Waals surface area contributed by atoms with Gasteiger partial charge in [0.15, 0.2) is 6.29 Å². The van der Waals surface area contributed by atoms with E-state index in [0.717, 1.165) is 5.56 Å². The Morgan fingerprint density at radius 1 is 1.22 bits per heavy atom. The summed E-state index contributed by atoms with van der Waals surface area (Å²) in [5, 5.41) is 0.186. The zero-order valence-corrected chi connectivity index (χ0v) is 9.21. The summed E-state index contributed by atoms with van der Waals surface area (Å²) in [6.45, 7) is 0. The van der Waals surface area contributed by atoms with Gasteiger partial charge in [0, 0.05) is 5.56 Å². The third-order valence-corrected chi connectivity index (χ3v) is 2.68. The first-order valence-electron chi connectivity index (χ1n) is 5.32. The summed E-state index contributed by atoms with van der Waals surface area (Å²) in [6, 6.07) is 9.12. The molecule has 0 fully saturated rings. The van der Waals surface area contributed by atoms with Gasteiger partial charge in [-0.3, -0.25) is 9.59 Å². The van der Waals surface area contributed by atoms with E-state index in [2.05, 4.69) is 9.97 Å². The quantitative estimate of drug-likeness (QED) is 0.695. The van der Waals surface area contributed by atoms with Crippen molar-refractivity contribution in [3.63, 3.8) is 0 Å². The van der Waals surface area contributed by atoms with Crippen LogP contribution in [0.4, 0.5) is 0 Å². The Hall–Kier alpha value is -2.69. The van der Waals surface area contributed by atoms with Gasteiger partial charge in [0.1, 0.15) is 11.1 Å².